The maximum atomic E-state index is 11.7. The molecule has 1 N–H and O–H groups in total. The van der Waals surface area contributed by atoms with Gasteiger partial charge in [0.25, 0.3) is 0 Å². The molecule has 2 aromatic heterocycles. The molecule has 0 fully saturated rings. The molecule has 9 aromatic rings. The molecular weight excluding hydrogens is 938 g/mol. The van der Waals surface area contributed by atoms with E-state index >= 15 is 0 Å². The van der Waals surface area contributed by atoms with Crippen molar-refractivity contribution < 1.29 is 26.2 Å². The van der Waals surface area contributed by atoms with E-state index in [-0.39, 0.29) is 43.1 Å². The first kappa shape index (κ1) is 42.8. The molecule has 314 valence electrons. The molecule has 0 unspecified atom stereocenters. The number of pyridine rings is 1. The summed E-state index contributed by atoms with van der Waals surface area (Å²) in [5.41, 5.74) is 15.1. The second-order valence-electron chi connectivity index (χ2n) is 19.8. The smallest absolute Gasteiger partial charge is 0.148 e. The van der Waals surface area contributed by atoms with Crippen LogP contribution in [0.25, 0.3) is 83.2 Å². The third-order valence-corrected chi connectivity index (χ3v) is 12.1. The molecule has 0 bridgehead atoms. The summed E-state index contributed by atoms with van der Waals surface area (Å²) < 4.78 is 2.23. The quantitative estimate of drug-likeness (QED) is 0.175. The average molecular weight is 992 g/mol. The van der Waals surface area contributed by atoms with Crippen molar-refractivity contribution in [3.8, 4) is 56.2 Å². The van der Waals surface area contributed by atoms with Gasteiger partial charge in [-0.1, -0.05) is 152 Å². The molecule has 0 spiro atoms. The topological polar surface area (TPSA) is 50.9 Å². The van der Waals surface area contributed by atoms with E-state index in [1.54, 1.807) is 0 Å². The van der Waals surface area contributed by atoms with Gasteiger partial charge in [0.2, 0.25) is 0 Å². The van der Waals surface area contributed by atoms with Crippen molar-refractivity contribution in [1.29, 1.82) is 0 Å². The first-order chi connectivity index (χ1) is 28.9. The Balaban J connectivity index is 0.00000529. The van der Waals surface area contributed by atoms with Crippen LogP contribution in [0.2, 0.25) is 0 Å². The fourth-order valence-electron chi connectivity index (χ4n) is 8.69. The predicted octanol–water partition coefficient (Wildman–Crippen LogP) is 15.1. The number of rotatable bonds is 5. The van der Waals surface area contributed by atoms with Gasteiger partial charge in [-0.15, -0.1) is 35.4 Å². The van der Waals surface area contributed by atoms with Gasteiger partial charge in [0, 0.05) is 38.5 Å². The van der Waals surface area contributed by atoms with Gasteiger partial charge in [-0.3, -0.25) is 9.55 Å². The molecule has 7 aromatic carbocycles. The minimum absolute atomic E-state index is 0. The Labute approximate surface area is 381 Å². The van der Waals surface area contributed by atoms with Gasteiger partial charge in [-0.05, 0) is 110 Å². The van der Waals surface area contributed by atoms with Gasteiger partial charge >= 0.3 is 0 Å². The van der Waals surface area contributed by atoms with Crippen LogP contribution in [0.5, 0.6) is 5.75 Å². The maximum absolute atomic E-state index is 11.7. The molecule has 0 saturated heterocycles. The summed E-state index contributed by atoms with van der Waals surface area (Å²) in [5, 5.41) is 15.2. The second kappa shape index (κ2) is 15.8. The fraction of sp³-hybridized carbons (Fsp3) is 0.228. The normalized spacial score (nSPS) is 12.3. The number of aryl methyl sites for hydroxylation is 1. The first-order valence-corrected chi connectivity index (χ1v) is 21.4. The van der Waals surface area contributed by atoms with Crippen molar-refractivity contribution in [3.63, 3.8) is 0 Å². The Morgan fingerprint density at radius 3 is 1.89 bits per heavy atom. The number of hydrogen-bond donors (Lipinski definition) is 1. The second-order valence-corrected chi connectivity index (χ2v) is 19.8. The molecular formula is C57H54N3OPt-. The number of imidazole rings is 1. The van der Waals surface area contributed by atoms with Crippen LogP contribution in [0.15, 0.2) is 140 Å². The van der Waals surface area contributed by atoms with Crippen molar-refractivity contribution in [1.82, 2.24) is 14.5 Å². The van der Waals surface area contributed by atoms with E-state index in [9.17, 15) is 5.11 Å². The third kappa shape index (κ3) is 7.91. The van der Waals surface area contributed by atoms with Crippen LogP contribution in [0.3, 0.4) is 0 Å². The monoisotopic (exact) mass is 991 g/mol. The largest absolute Gasteiger partial charge is 0.507 e. The van der Waals surface area contributed by atoms with Gasteiger partial charge in [0.05, 0.1) is 16.6 Å². The van der Waals surface area contributed by atoms with E-state index < -0.39 is 0 Å². The van der Waals surface area contributed by atoms with Gasteiger partial charge in [0.15, 0.2) is 0 Å². The van der Waals surface area contributed by atoms with Crippen molar-refractivity contribution in [3.05, 3.63) is 168 Å². The first-order valence-electron chi connectivity index (χ1n) is 21.4. The van der Waals surface area contributed by atoms with E-state index in [4.69, 9.17) is 9.97 Å². The SMILES string of the molecule is Cc1cc(-c2[c-]c(-c3cc(-c4ccc5ccccc5c4)cc4c3nc(-c3cc(C(C)(C)C)ccc3O)n4-c3ccc(C(C)(C)C)cc3)ccc2)c2nccc(C(C)(C)C)c2c1.[Pt]. The third-order valence-electron chi connectivity index (χ3n) is 12.1. The van der Waals surface area contributed by atoms with Crippen LogP contribution in [-0.2, 0) is 37.3 Å². The number of aromatic nitrogens is 3. The number of fused-ring (bicyclic) bond motifs is 3. The van der Waals surface area contributed by atoms with Crippen molar-refractivity contribution >= 4 is 32.7 Å². The number of hydrogen-bond acceptors (Lipinski definition) is 3. The van der Waals surface area contributed by atoms with E-state index in [0.29, 0.717) is 11.4 Å². The van der Waals surface area contributed by atoms with Crippen molar-refractivity contribution in [2.24, 2.45) is 0 Å². The molecule has 0 amide bonds. The zero-order valence-electron chi connectivity index (χ0n) is 37.4. The van der Waals surface area contributed by atoms with Gasteiger partial charge in [0.1, 0.15) is 11.6 Å². The van der Waals surface area contributed by atoms with Gasteiger partial charge in [-0.2, -0.15) is 0 Å². The summed E-state index contributed by atoms with van der Waals surface area (Å²) in [7, 11) is 0. The van der Waals surface area contributed by atoms with Crippen LogP contribution >= 0.6 is 0 Å². The molecule has 4 nitrogen and oxygen atoms in total. The molecule has 2 heterocycles. The Morgan fingerprint density at radius 2 is 1.21 bits per heavy atom. The molecule has 5 heteroatoms. The number of phenolic OH excluding ortho intramolecular Hbond substituents is 1. The number of nitrogens with zero attached hydrogens (tertiary/aromatic N) is 3. The van der Waals surface area contributed by atoms with E-state index in [2.05, 4.69) is 201 Å². The fourth-order valence-corrected chi connectivity index (χ4v) is 8.69. The van der Waals surface area contributed by atoms with Crippen LogP contribution in [0.1, 0.15) is 84.6 Å². The molecule has 0 saturated carbocycles. The number of benzene rings is 7. The molecule has 0 radical (unpaired) electrons. The summed E-state index contributed by atoms with van der Waals surface area (Å²) in [4.78, 5) is 10.5. The van der Waals surface area contributed by atoms with Gasteiger partial charge in [-0.25, -0.2) is 4.98 Å². The van der Waals surface area contributed by atoms with Crippen LogP contribution < -0.4 is 0 Å². The summed E-state index contributed by atoms with van der Waals surface area (Å²) in [6.07, 6.45) is 1.94. The maximum Gasteiger partial charge on any atom is 0.148 e. The van der Waals surface area contributed by atoms with Crippen LogP contribution in [0.4, 0.5) is 0 Å². The Bertz CT molecular complexity index is 3150. The Morgan fingerprint density at radius 1 is 0.548 bits per heavy atom. The summed E-state index contributed by atoms with van der Waals surface area (Å²) >= 11 is 0. The van der Waals surface area contributed by atoms with Crippen LogP contribution in [-0.4, -0.2) is 19.6 Å². The minimum Gasteiger partial charge on any atom is -0.507 e. The summed E-state index contributed by atoms with van der Waals surface area (Å²) in [5.74, 6) is 0.868. The molecule has 0 aliphatic heterocycles. The minimum atomic E-state index is -0.139. The van der Waals surface area contributed by atoms with Crippen molar-refractivity contribution in [2.45, 2.75) is 85.5 Å². The zero-order valence-corrected chi connectivity index (χ0v) is 39.7. The van der Waals surface area contributed by atoms with E-state index in [0.717, 1.165) is 61.2 Å². The zero-order chi connectivity index (χ0) is 43.0. The predicted molar refractivity (Wildman–Crippen MR) is 257 cm³/mol. The number of aromatic hydroxyl groups is 1. The standard InChI is InChI=1S/C57H54N3O.Pt/c1-35-28-45(52-47(29-35)49(26-27-58-52)57(8,9)10)39-16-13-17-40(31-39)46-32-41(38-19-18-36-14-11-12-15-37(36)30-38)33-50-53(46)59-54(48-34-43(56(5,6)7)22-25-51(48)61)60(50)44-23-20-42(21-24-44)55(2,3)4;/h11-30,32-34,61H,1-10H3;/q-1;. The summed E-state index contributed by atoms with van der Waals surface area (Å²) in [6, 6.07) is 51.4. The van der Waals surface area contributed by atoms with Crippen molar-refractivity contribution in [2.75, 3.05) is 0 Å². The van der Waals surface area contributed by atoms with Crippen LogP contribution in [0, 0.1) is 13.0 Å². The molecule has 62 heavy (non-hydrogen) atoms. The van der Waals surface area contributed by atoms with Gasteiger partial charge < -0.3 is 5.11 Å². The molecule has 9 rings (SSSR count). The Kier molecular flexibility index (Phi) is 10.9. The van der Waals surface area contributed by atoms with E-state index in [1.165, 1.54) is 32.8 Å². The van der Waals surface area contributed by atoms with E-state index in [1.807, 2.05) is 18.3 Å². The number of phenols is 1. The average Bonchev–Trinajstić information content (AvgIpc) is 3.61. The molecule has 0 aliphatic rings. The summed E-state index contributed by atoms with van der Waals surface area (Å²) in [6.45, 7) is 22.3. The molecule has 0 atom stereocenters. The Hall–Kier alpha value is -5.83. The molecule has 0 aliphatic carbocycles.